The SMILES string of the molecule is O=C(NC1CC1)[C@@H](c1ccccc1)N1CCO[C@H](Cn2cccn2)C1. The van der Waals surface area contributed by atoms with Gasteiger partial charge < -0.3 is 10.1 Å². The minimum Gasteiger partial charge on any atom is -0.374 e. The number of morpholine rings is 1. The molecule has 2 aromatic rings. The Bertz CT molecular complexity index is 685. The summed E-state index contributed by atoms with van der Waals surface area (Å²) in [6.07, 6.45) is 5.94. The van der Waals surface area contributed by atoms with Crippen molar-refractivity contribution in [3.63, 3.8) is 0 Å². The number of benzene rings is 1. The van der Waals surface area contributed by atoms with E-state index in [4.69, 9.17) is 4.74 Å². The number of carbonyl (C=O) groups excluding carboxylic acids is 1. The Morgan fingerprint density at radius 3 is 2.84 bits per heavy atom. The molecule has 6 nitrogen and oxygen atoms in total. The predicted molar refractivity (Wildman–Crippen MR) is 93.9 cm³/mol. The molecule has 1 N–H and O–H groups in total. The fourth-order valence-corrected chi connectivity index (χ4v) is 3.38. The summed E-state index contributed by atoms with van der Waals surface area (Å²) in [4.78, 5) is 15.1. The molecule has 1 saturated carbocycles. The molecule has 1 saturated heterocycles. The lowest BCUT2D eigenvalue weighted by atomic mass is 10.0. The van der Waals surface area contributed by atoms with Gasteiger partial charge in [0.1, 0.15) is 6.04 Å². The number of aromatic nitrogens is 2. The second-order valence-electron chi connectivity index (χ2n) is 6.81. The van der Waals surface area contributed by atoms with E-state index in [1.165, 1.54) is 0 Å². The Kier molecular flexibility index (Phi) is 4.81. The quantitative estimate of drug-likeness (QED) is 0.868. The van der Waals surface area contributed by atoms with Crippen LogP contribution in [0.25, 0.3) is 0 Å². The summed E-state index contributed by atoms with van der Waals surface area (Å²) in [5.41, 5.74) is 1.04. The average Bonchev–Trinajstić information content (AvgIpc) is 3.29. The van der Waals surface area contributed by atoms with Crippen molar-refractivity contribution in [3.8, 4) is 0 Å². The highest BCUT2D eigenvalue weighted by Gasteiger charge is 2.34. The molecule has 2 fully saturated rings. The van der Waals surface area contributed by atoms with E-state index in [1.807, 2.05) is 47.3 Å². The van der Waals surface area contributed by atoms with Gasteiger partial charge >= 0.3 is 0 Å². The predicted octanol–water partition coefficient (Wildman–Crippen LogP) is 1.60. The molecule has 0 bridgehead atoms. The van der Waals surface area contributed by atoms with Gasteiger partial charge in [-0.1, -0.05) is 30.3 Å². The van der Waals surface area contributed by atoms with Crippen LogP contribution < -0.4 is 5.32 Å². The van der Waals surface area contributed by atoms with Crippen LogP contribution in [0, 0.1) is 0 Å². The number of nitrogens with zero attached hydrogens (tertiary/aromatic N) is 3. The van der Waals surface area contributed by atoms with Gasteiger partial charge in [0, 0.05) is 31.5 Å². The van der Waals surface area contributed by atoms with Gasteiger partial charge in [-0.3, -0.25) is 14.4 Å². The first kappa shape index (κ1) is 16.3. The molecule has 2 aliphatic rings. The van der Waals surface area contributed by atoms with Gasteiger partial charge in [0.15, 0.2) is 0 Å². The van der Waals surface area contributed by atoms with Crippen LogP contribution >= 0.6 is 0 Å². The minimum atomic E-state index is -0.258. The molecule has 132 valence electrons. The van der Waals surface area contributed by atoms with E-state index in [1.54, 1.807) is 6.20 Å². The van der Waals surface area contributed by atoms with Crippen LogP contribution in [0.15, 0.2) is 48.8 Å². The standard InChI is InChI=1S/C19H24N4O2/c24-19(21-16-7-8-16)18(15-5-2-1-3-6-15)22-11-12-25-17(13-22)14-23-10-4-9-20-23/h1-6,9-10,16-18H,7-8,11-14H2,(H,21,24)/t17-,18+/m0/s1. The molecule has 0 radical (unpaired) electrons. The molecule has 6 heteroatoms. The van der Waals surface area contributed by atoms with E-state index in [2.05, 4.69) is 15.3 Å². The molecular weight excluding hydrogens is 316 g/mol. The molecule has 1 amide bonds. The van der Waals surface area contributed by atoms with Gasteiger partial charge in [-0.15, -0.1) is 0 Å². The second-order valence-corrected chi connectivity index (χ2v) is 6.81. The maximum atomic E-state index is 12.9. The Hall–Kier alpha value is -2.18. The number of rotatable bonds is 6. The van der Waals surface area contributed by atoms with Crippen LogP contribution in [0.5, 0.6) is 0 Å². The van der Waals surface area contributed by atoms with Crippen LogP contribution in [0.2, 0.25) is 0 Å². The van der Waals surface area contributed by atoms with Crippen molar-refractivity contribution < 1.29 is 9.53 Å². The summed E-state index contributed by atoms with van der Waals surface area (Å²) in [5, 5.41) is 7.43. The zero-order chi connectivity index (χ0) is 17.1. The first-order chi connectivity index (χ1) is 12.3. The Labute approximate surface area is 147 Å². The largest absolute Gasteiger partial charge is 0.374 e. The highest BCUT2D eigenvalue weighted by atomic mass is 16.5. The highest BCUT2D eigenvalue weighted by Crippen LogP contribution is 2.26. The van der Waals surface area contributed by atoms with Gasteiger partial charge in [-0.2, -0.15) is 5.10 Å². The number of amides is 1. The lowest BCUT2D eigenvalue weighted by Crippen LogP contribution is -2.50. The lowest BCUT2D eigenvalue weighted by molar-refractivity contribution is -0.130. The Morgan fingerprint density at radius 1 is 1.28 bits per heavy atom. The number of carbonyl (C=O) groups is 1. The van der Waals surface area contributed by atoms with Crippen molar-refractivity contribution in [2.24, 2.45) is 0 Å². The third-order valence-corrected chi connectivity index (χ3v) is 4.77. The molecule has 0 spiro atoms. The summed E-state index contributed by atoms with van der Waals surface area (Å²) in [7, 11) is 0. The van der Waals surface area contributed by atoms with Crippen LogP contribution in [-0.2, 0) is 16.1 Å². The summed E-state index contributed by atoms with van der Waals surface area (Å²) < 4.78 is 7.79. The van der Waals surface area contributed by atoms with Crippen LogP contribution in [0.3, 0.4) is 0 Å². The van der Waals surface area contributed by atoms with Crippen LogP contribution in [0.4, 0.5) is 0 Å². The molecule has 0 unspecified atom stereocenters. The van der Waals surface area contributed by atoms with Crippen molar-refractivity contribution >= 4 is 5.91 Å². The monoisotopic (exact) mass is 340 g/mol. The maximum absolute atomic E-state index is 12.9. The van der Waals surface area contributed by atoms with E-state index in [-0.39, 0.29) is 18.1 Å². The van der Waals surface area contributed by atoms with Crippen molar-refractivity contribution in [2.75, 3.05) is 19.7 Å². The van der Waals surface area contributed by atoms with E-state index in [9.17, 15) is 4.79 Å². The van der Waals surface area contributed by atoms with Crippen molar-refractivity contribution in [1.82, 2.24) is 20.0 Å². The van der Waals surface area contributed by atoms with Gasteiger partial charge in [0.25, 0.3) is 0 Å². The molecule has 1 aliphatic carbocycles. The molecule has 2 heterocycles. The average molecular weight is 340 g/mol. The third-order valence-electron chi connectivity index (χ3n) is 4.77. The fourth-order valence-electron chi connectivity index (χ4n) is 3.38. The van der Waals surface area contributed by atoms with Crippen LogP contribution in [0.1, 0.15) is 24.4 Å². The third kappa shape index (κ3) is 4.08. The zero-order valence-corrected chi connectivity index (χ0v) is 14.3. The maximum Gasteiger partial charge on any atom is 0.242 e. The second kappa shape index (κ2) is 7.37. The Morgan fingerprint density at radius 2 is 2.12 bits per heavy atom. The number of hydrogen-bond acceptors (Lipinski definition) is 4. The number of hydrogen-bond donors (Lipinski definition) is 1. The van der Waals surface area contributed by atoms with Gasteiger partial charge in [0.2, 0.25) is 5.91 Å². The normalized spacial score (nSPS) is 22.5. The summed E-state index contributed by atoms with van der Waals surface area (Å²) >= 11 is 0. The van der Waals surface area contributed by atoms with E-state index in [0.29, 0.717) is 19.2 Å². The topological polar surface area (TPSA) is 59.4 Å². The van der Waals surface area contributed by atoms with E-state index in [0.717, 1.165) is 31.5 Å². The zero-order valence-electron chi connectivity index (χ0n) is 14.3. The molecule has 1 aromatic carbocycles. The van der Waals surface area contributed by atoms with Gasteiger partial charge in [0.05, 0.1) is 19.3 Å². The molecule has 1 aromatic heterocycles. The van der Waals surface area contributed by atoms with Crippen molar-refractivity contribution in [3.05, 3.63) is 54.4 Å². The molecule has 4 rings (SSSR count). The first-order valence-corrected chi connectivity index (χ1v) is 8.98. The van der Waals surface area contributed by atoms with Crippen molar-refractivity contribution in [2.45, 2.75) is 37.6 Å². The van der Waals surface area contributed by atoms with Crippen molar-refractivity contribution in [1.29, 1.82) is 0 Å². The minimum absolute atomic E-state index is 0.0357. The van der Waals surface area contributed by atoms with Gasteiger partial charge in [-0.25, -0.2) is 0 Å². The summed E-state index contributed by atoms with van der Waals surface area (Å²) in [6.45, 7) is 2.81. The lowest BCUT2D eigenvalue weighted by Gasteiger charge is -2.37. The Balaban J connectivity index is 1.50. The fraction of sp³-hybridized carbons (Fsp3) is 0.474. The smallest absolute Gasteiger partial charge is 0.242 e. The van der Waals surface area contributed by atoms with E-state index >= 15 is 0 Å². The number of nitrogens with one attached hydrogen (secondary N) is 1. The molecule has 1 aliphatic heterocycles. The van der Waals surface area contributed by atoms with Crippen LogP contribution in [-0.4, -0.2) is 52.4 Å². The summed E-state index contributed by atoms with van der Waals surface area (Å²) in [5.74, 6) is 0.105. The first-order valence-electron chi connectivity index (χ1n) is 8.98. The molecule has 25 heavy (non-hydrogen) atoms. The van der Waals surface area contributed by atoms with Gasteiger partial charge in [-0.05, 0) is 24.5 Å². The number of ether oxygens (including phenoxy) is 1. The molecule has 2 atom stereocenters. The molecular formula is C19H24N4O2. The highest BCUT2D eigenvalue weighted by molar-refractivity contribution is 5.83. The van der Waals surface area contributed by atoms with E-state index < -0.39 is 0 Å². The summed E-state index contributed by atoms with van der Waals surface area (Å²) in [6, 6.07) is 12.1.